The topological polar surface area (TPSA) is 40.5 Å². The van der Waals surface area contributed by atoms with Gasteiger partial charge in [0.05, 0.1) is 0 Å². The molecule has 0 aliphatic carbocycles. The van der Waals surface area contributed by atoms with Gasteiger partial charge in [-0.05, 0) is 19.4 Å². The normalized spacial score (nSPS) is 10.3. The second kappa shape index (κ2) is 3.66. The molecule has 2 N–H and O–H groups in total. The van der Waals surface area contributed by atoms with Gasteiger partial charge in [0.2, 0.25) is 0 Å². The molecule has 0 aliphatic heterocycles. The van der Waals surface area contributed by atoms with E-state index in [-0.39, 0.29) is 11.0 Å². The van der Waals surface area contributed by atoms with Crippen LogP contribution in [0.4, 0.5) is 4.39 Å². The van der Waals surface area contributed by atoms with Gasteiger partial charge in [0.25, 0.3) is 0 Å². The summed E-state index contributed by atoms with van der Waals surface area (Å²) in [6.07, 6.45) is 0. The van der Waals surface area contributed by atoms with Gasteiger partial charge in [-0.15, -0.1) is 0 Å². The summed E-state index contributed by atoms with van der Waals surface area (Å²) < 4.78 is 13.3. The van der Waals surface area contributed by atoms with Crippen LogP contribution in [0.5, 0.6) is 0 Å². The summed E-state index contributed by atoms with van der Waals surface area (Å²) in [6.45, 7) is 3.18. The number of aryl methyl sites for hydroxylation is 1. The van der Waals surface area contributed by atoms with E-state index in [1.54, 1.807) is 6.92 Å². The average Bonchev–Trinajstić information content (AvgIpc) is 2.07. The first-order valence-corrected chi connectivity index (χ1v) is 4.14. The highest BCUT2D eigenvalue weighted by molar-refractivity contribution is 6.58. The highest BCUT2D eigenvalue weighted by Gasteiger charge is 2.20. The largest absolute Gasteiger partial charge is 0.491 e. The van der Waals surface area contributed by atoms with Gasteiger partial charge in [0.15, 0.2) is 0 Å². The molecule has 1 rings (SSSR count). The van der Waals surface area contributed by atoms with Crippen LogP contribution in [0, 0.1) is 19.7 Å². The molecule has 0 saturated carbocycles. The maximum atomic E-state index is 13.3. The van der Waals surface area contributed by atoms with Gasteiger partial charge in [-0.2, -0.15) is 0 Å². The fraction of sp³-hybridized carbons (Fsp3) is 0.250. The number of halogens is 2. The molecule has 0 bridgehead atoms. The Morgan fingerprint density at radius 2 is 1.92 bits per heavy atom. The lowest BCUT2D eigenvalue weighted by Crippen LogP contribution is -2.33. The highest BCUT2D eigenvalue weighted by Crippen LogP contribution is 2.21. The Labute approximate surface area is 81.1 Å². The second-order valence-corrected chi connectivity index (χ2v) is 3.29. The van der Waals surface area contributed by atoms with Crippen molar-refractivity contribution in [1.82, 2.24) is 0 Å². The fourth-order valence-electron chi connectivity index (χ4n) is 1.16. The smallest absolute Gasteiger partial charge is 0.423 e. The van der Waals surface area contributed by atoms with Crippen molar-refractivity contribution in [1.29, 1.82) is 0 Å². The Balaban J connectivity index is 3.41. The molecular formula is C8H9BClFO2. The maximum Gasteiger partial charge on any atom is 0.491 e. The molecule has 0 aromatic heterocycles. The summed E-state index contributed by atoms with van der Waals surface area (Å²) in [5.41, 5.74) is 0.729. The summed E-state index contributed by atoms with van der Waals surface area (Å²) in [6, 6.07) is 1.33. The van der Waals surface area contributed by atoms with E-state index in [1.807, 2.05) is 0 Å². The molecular weight excluding hydrogens is 193 g/mol. The molecule has 1 aromatic rings. The minimum absolute atomic E-state index is 0.139. The van der Waals surface area contributed by atoms with Gasteiger partial charge < -0.3 is 10.0 Å². The lowest BCUT2D eigenvalue weighted by molar-refractivity contribution is 0.422. The SMILES string of the molecule is Cc1cc(B(O)O)c(F)c(C)c1Cl. The molecule has 1 aromatic carbocycles. The minimum atomic E-state index is -1.80. The summed E-state index contributed by atoms with van der Waals surface area (Å²) >= 11 is 5.76. The van der Waals surface area contributed by atoms with E-state index in [9.17, 15) is 4.39 Å². The Kier molecular flexibility index (Phi) is 2.96. The summed E-state index contributed by atoms with van der Waals surface area (Å²) in [5.74, 6) is -0.661. The standard InChI is InChI=1S/C8H9BClFO2/c1-4-3-6(9(12)13)8(11)5(2)7(4)10/h3,12-13H,1-2H3. The van der Waals surface area contributed by atoms with Crippen molar-refractivity contribution >= 4 is 24.2 Å². The Hall–Kier alpha value is -0.575. The van der Waals surface area contributed by atoms with E-state index in [0.717, 1.165) is 0 Å². The lowest BCUT2D eigenvalue weighted by Gasteiger charge is -2.08. The third-order valence-electron chi connectivity index (χ3n) is 1.91. The van der Waals surface area contributed by atoms with Gasteiger partial charge in [-0.1, -0.05) is 17.7 Å². The van der Waals surface area contributed by atoms with Crippen LogP contribution >= 0.6 is 11.6 Å². The molecule has 0 radical (unpaired) electrons. The van der Waals surface area contributed by atoms with Crippen LogP contribution in [0.3, 0.4) is 0 Å². The number of hydrogen-bond acceptors (Lipinski definition) is 2. The Morgan fingerprint density at radius 1 is 1.38 bits per heavy atom. The van der Waals surface area contributed by atoms with Gasteiger partial charge >= 0.3 is 7.12 Å². The minimum Gasteiger partial charge on any atom is -0.423 e. The van der Waals surface area contributed by atoms with E-state index < -0.39 is 12.9 Å². The third-order valence-corrected chi connectivity index (χ3v) is 2.49. The average molecular weight is 202 g/mol. The van der Waals surface area contributed by atoms with Crippen LogP contribution in [0.25, 0.3) is 0 Å². The maximum absolute atomic E-state index is 13.3. The number of benzene rings is 1. The molecule has 0 heterocycles. The number of hydrogen-bond donors (Lipinski definition) is 2. The van der Waals surface area contributed by atoms with Crippen LogP contribution in [0.15, 0.2) is 6.07 Å². The quantitative estimate of drug-likeness (QED) is 0.661. The van der Waals surface area contributed by atoms with E-state index in [2.05, 4.69) is 0 Å². The van der Waals surface area contributed by atoms with Crippen molar-refractivity contribution in [3.8, 4) is 0 Å². The van der Waals surface area contributed by atoms with Gasteiger partial charge in [-0.25, -0.2) is 4.39 Å². The molecule has 0 unspecified atom stereocenters. The molecule has 0 atom stereocenters. The van der Waals surface area contributed by atoms with Crippen molar-refractivity contribution in [2.75, 3.05) is 0 Å². The highest BCUT2D eigenvalue weighted by atomic mass is 35.5. The van der Waals surface area contributed by atoms with Crippen molar-refractivity contribution in [3.05, 3.63) is 28.0 Å². The van der Waals surface area contributed by atoms with Crippen LogP contribution in [-0.2, 0) is 0 Å². The summed E-state index contributed by atoms with van der Waals surface area (Å²) in [7, 11) is -1.80. The third kappa shape index (κ3) is 1.85. The van der Waals surface area contributed by atoms with Crippen LogP contribution in [0.2, 0.25) is 5.02 Å². The van der Waals surface area contributed by atoms with Crippen molar-refractivity contribution in [2.45, 2.75) is 13.8 Å². The number of rotatable bonds is 1. The van der Waals surface area contributed by atoms with E-state index in [0.29, 0.717) is 10.6 Å². The molecule has 0 amide bonds. The molecule has 13 heavy (non-hydrogen) atoms. The molecule has 0 saturated heterocycles. The van der Waals surface area contributed by atoms with E-state index in [4.69, 9.17) is 21.6 Å². The first kappa shape index (κ1) is 10.5. The predicted octanol–water partition coefficient (Wildman–Crippen LogP) is 0.776. The summed E-state index contributed by atoms with van der Waals surface area (Å²) in [5, 5.41) is 18.0. The van der Waals surface area contributed by atoms with Crippen molar-refractivity contribution < 1.29 is 14.4 Å². The fourth-order valence-corrected chi connectivity index (χ4v) is 1.29. The van der Waals surface area contributed by atoms with Gasteiger partial charge in [-0.3, -0.25) is 0 Å². The molecule has 0 fully saturated rings. The Morgan fingerprint density at radius 3 is 2.38 bits per heavy atom. The first-order chi connectivity index (χ1) is 5.95. The monoisotopic (exact) mass is 202 g/mol. The van der Waals surface area contributed by atoms with Gasteiger partial charge in [0.1, 0.15) is 5.82 Å². The molecule has 0 aliphatic rings. The van der Waals surface area contributed by atoms with E-state index >= 15 is 0 Å². The zero-order valence-corrected chi connectivity index (χ0v) is 8.06. The van der Waals surface area contributed by atoms with Crippen molar-refractivity contribution in [2.24, 2.45) is 0 Å². The first-order valence-electron chi connectivity index (χ1n) is 3.76. The Bertz CT molecular complexity index is 341. The van der Waals surface area contributed by atoms with Crippen LogP contribution < -0.4 is 5.46 Å². The predicted molar refractivity (Wildman–Crippen MR) is 50.7 cm³/mol. The van der Waals surface area contributed by atoms with E-state index in [1.165, 1.54) is 13.0 Å². The molecule has 2 nitrogen and oxygen atoms in total. The molecule has 5 heteroatoms. The second-order valence-electron chi connectivity index (χ2n) is 2.91. The van der Waals surface area contributed by atoms with Crippen LogP contribution in [0.1, 0.15) is 11.1 Å². The van der Waals surface area contributed by atoms with Crippen molar-refractivity contribution in [3.63, 3.8) is 0 Å². The zero-order chi connectivity index (χ0) is 10.2. The van der Waals surface area contributed by atoms with Crippen LogP contribution in [-0.4, -0.2) is 17.2 Å². The molecule has 0 spiro atoms. The molecule has 70 valence electrons. The van der Waals surface area contributed by atoms with Gasteiger partial charge in [0, 0.05) is 16.0 Å². The summed E-state index contributed by atoms with van der Waals surface area (Å²) in [4.78, 5) is 0. The lowest BCUT2D eigenvalue weighted by atomic mass is 9.78. The zero-order valence-electron chi connectivity index (χ0n) is 7.31.